The average Bonchev–Trinajstić information content (AvgIpc) is 2.49. The molecule has 110 valence electrons. The minimum atomic E-state index is -0.314. The topological polar surface area (TPSA) is 35.2 Å². The van der Waals surface area contributed by atoms with Crippen molar-refractivity contribution in [2.75, 3.05) is 0 Å². The van der Waals surface area contributed by atoms with Gasteiger partial charge in [-0.05, 0) is 60.7 Å². The number of halogens is 2. The molecule has 0 saturated heterocycles. The lowest BCUT2D eigenvalue weighted by molar-refractivity contribution is 0.304. The molecule has 2 aromatic rings. The van der Waals surface area contributed by atoms with Crippen LogP contribution in [0.15, 0.2) is 36.4 Å². The van der Waals surface area contributed by atoms with Crippen LogP contribution in [0.4, 0.5) is 4.39 Å². The Bertz CT molecular complexity index is 659. The van der Waals surface area contributed by atoms with E-state index in [-0.39, 0.29) is 18.5 Å². The van der Waals surface area contributed by atoms with E-state index in [0.29, 0.717) is 10.6 Å². The quantitative estimate of drug-likeness (QED) is 0.912. The van der Waals surface area contributed by atoms with Crippen LogP contribution in [0.5, 0.6) is 5.75 Å². The van der Waals surface area contributed by atoms with Crippen LogP contribution in [0.3, 0.4) is 0 Å². The van der Waals surface area contributed by atoms with Gasteiger partial charge in [0.25, 0.3) is 0 Å². The molecule has 1 unspecified atom stereocenters. The minimum Gasteiger partial charge on any atom is -0.489 e. The molecular weight excluding hydrogens is 289 g/mol. The van der Waals surface area contributed by atoms with Gasteiger partial charge in [-0.2, -0.15) is 0 Å². The summed E-state index contributed by atoms with van der Waals surface area (Å²) < 4.78 is 19.0. The molecule has 0 heterocycles. The van der Waals surface area contributed by atoms with E-state index in [0.717, 1.165) is 30.6 Å². The molecule has 0 amide bonds. The molecule has 0 radical (unpaired) electrons. The van der Waals surface area contributed by atoms with E-state index < -0.39 is 0 Å². The van der Waals surface area contributed by atoms with Gasteiger partial charge in [0.2, 0.25) is 0 Å². The van der Waals surface area contributed by atoms with Gasteiger partial charge in [-0.1, -0.05) is 17.7 Å². The minimum absolute atomic E-state index is 0.0788. The number of fused-ring (bicyclic) bond motifs is 1. The van der Waals surface area contributed by atoms with E-state index in [9.17, 15) is 4.39 Å². The van der Waals surface area contributed by atoms with Crippen LogP contribution in [0, 0.1) is 5.82 Å². The Morgan fingerprint density at radius 2 is 2.10 bits per heavy atom. The van der Waals surface area contributed by atoms with Crippen molar-refractivity contribution in [3.63, 3.8) is 0 Å². The number of rotatable bonds is 3. The van der Waals surface area contributed by atoms with E-state index in [1.807, 2.05) is 12.1 Å². The Morgan fingerprint density at radius 1 is 1.24 bits per heavy atom. The Hall–Kier alpha value is -1.58. The third-order valence-corrected chi connectivity index (χ3v) is 4.25. The normalized spacial score (nSPS) is 17.4. The third-order valence-electron chi connectivity index (χ3n) is 3.88. The largest absolute Gasteiger partial charge is 0.489 e. The zero-order valence-corrected chi connectivity index (χ0v) is 12.4. The zero-order valence-electron chi connectivity index (χ0n) is 11.6. The van der Waals surface area contributed by atoms with Gasteiger partial charge in [0, 0.05) is 16.6 Å². The second-order valence-corrected chi connectivity index (χ2v) is 5.79. The Balaban J connectivity index is 1.76. The summed E-state index contributed by atoms with van der Waals surface area (Å²) >= 11 is 6.03. The lowest BCUT2D eigenvalue weighted by Gasteiger charge is -2.22. The van der Waals surface area contributed by atoms with Gasteiger partial charge in [0.1, 0.15) is 18.2 Å². The molecule has 0 fully saturated rings. The number of nitrogens with two attached hydrogens (primary N) is 1. The molecule has 0 saturated carbocycles. The molecule has 2 nitrogen and oxygen atoms in total. The van der Waals surface area contributed by atoms with E-state index in [1.165, 1.54) is 17.7 Å². The zero-order chi connectivity index (χ0) is 14.8. The summed E-state index contributed by atoms with van der Waals surface area (Å²) in [7, 11) is 0. The highest BCUT2D eigenvalue weighted by molar-refractivity contribution is 6.31. The Labute approximate surface area is 128 Å². The SMILES string of the molecule is NC1CCCc2ccc(OCc3cc(F)ccc3Cl)cc21. The Kier molecular flexibility index (Phi) is 4.13. The van der Waals surface area contributed by atoms with Crippen molar-refractivity contribution in [3.8, 4) is 5.75 Å². The number of aryl methyl sites for hydroxylation is 1. The second kappa shape index (κ2) is 6.04. The maximum absolute atomic E-state index is 13.2. The van der Waals surface area contributed by atoms with E-state index in [4.69, 9.17) is 22.1 Å². The highest BCUT2D eigenvalue weighted by Crippen LogP contribution is 2.31. The van der Waals surface area contributed by atoms with Crippen molar-refractivity contribution in [2.24, 2.45) is 5.73 Å². The van der Waals surface area contributed by atoms with Gasteiger partial charge in [0.15, 0.2) is 0 Å². The standard InChI is InChI=1S/C17H17ClFNO/c18-16-7-5-13(19)8-12(16)10-21-14-6-4-11-2-1-3-17(20)15(11)9-14/h4-9,17H,1-3,10,20H2. The number of ether oxygens (including phenoxy) is 1. The van der Waals surface area contributed by atoms with Crippen LogP contribution in [0.25, 0.3) is 0 Å². The first-order valence-corrected chi connectivity index (χ1v) is 7.46. The van der Waals surface area contributed by atoms with Crippen molar-refractivity contribution in [3.05, 3.63) is 63.9 Å². The van der Waals surface area contributed by atoms with Gasteiger partial charge in [-0.25, -0.2) is 4.39 Å². The molecule has 0 aliphatic heterocycles. The first kappa shape index (κ1) is 14.4. The van der Waals surface area contributed by atoms with Crippen LogP contribution in [-0.4, -0.2) is 0 Å². The van der Waals surface area contributed by atoms with Crippen molar-refractivity contribution in [1.82, 2.24) is 0 Å². The van der Waals surface area contributed by atoms with E-state index in [2.05, 4.69) is 6.07 Å². The fourth-order valence-electron chi connectivity index (χ4n) is 2.72. The van der Waals surface area contributed by atoms with Crippen molar-refractivity contribution < 1.29 is 9.13 Å². The molecule has 0 aromatic heterocycles. The number of hydrogen-bond donors (Lipinski definition) is 1. The first-order chi connectivity index (χ1) is 10.1. The molecule has 1 aliphatic carbocycles. The van der Waals surface area contributed by atoms with Crippen LogP contribution < -0.4 is 10.5 Å². The second-order valence-electron chi connectivity index (χ2n) is 5.38. The molecule has 0 bridgehead atoms. The highest BCUT2D eigenvalue weighted by atomic mass is 35.5. The maximum Gasteiger partial charge on any atom is 0.123 e. The van der Waals surface area contributed by atoms with E-state index in [1.54, 1.807) is 6.07 Å². The van der Waals surface area contributed by atoms with Gasteiger partial charge in [-0.15, -0.1) is 0 Å². The molecule has 1 atom stereocenters. The van der Waals surface area contributed by atoms with Gasteiger partial charge >= 0.3 is 0 Å². The molecule has 2 aromatic carbocycles. The van der Waals surface area contributed by atoms with Crippen LogP contribution in [-0.2, 0) is 13.0 Å². The highest BCUT2D eigenvalue weighted by Gasteiger charge is 2.17. The fourth-order valence-corrected chi connectivity index (χ4v) is 2.89. The molecule has 2 N–H and O–H groups in total. The smallest absolute Gasteiger partial charge is 0.123 e. The summed E-state index contributed by atoms with van der Waals surface area (Å²) in [6.07, 6.45) is 3.21. The summed E-state index contributed by atoms with van der Waals surface area (Å²) in [4.78, 5) is 0. The summed E-state index contributed by atoms with van der Waals surface area (Å²) in [5.41, 5.74) is 9.23. The fraction of sp³-hybridized carbons (Fsp3) is 0.294. The summed E-state index contributed by atoms with van der Waals surface area (Å²) in [6, 6.07) is 10.3. The van der Waals surface area contributed by atoms with Crippen molar-refractivity contribution in [1.29, 1.82) is 0 Å². The van der Waals surface area contributed by atoms with Gasteiger partial charge in [0.05, 0.1) is 0 Å². The van der Waals surface area contributed by atoms with Crippen LogP contribution in [0.1, 0.15) is 35.6 Å². The van der Waals surface area contributed by atoms with Crippen LogP contribution >= 0.6 is 11.6 Å². The molecular formula is C17H17ClFNO. The third kappa shape index (κ3) is 3.20. The molecule has 3 rings (SSSR count). The summed E-state index contributed by atoms with van der Waals surface area (Å²) in [5.74, 6) is 0.428. The van der Waals surface area contributed by atoms with Gasteiger partial charge in [-0.3, -0.25) is 0 Å². The monoisotopic (exact) mass is 305 g/mol. The molecule has 1 aliphatic rings. The van der Waals surface area contributed by atoms with Crippen LogP contribution in [0.2, 0.25) is 5.02 Å². The predicted octanol–water partition coefficient (Wildman–Crippen LogP) is 4.39. The van der Waals surface area contributed by atoms with Crippen molar-refractivity contribution in [2.45, 2.75) is 31.9 Å². The lowest BCUT2D eigenvalue weighted by Crippen LogP contribution is -2.17. The summed E-state index contributed by atoms with van der Waals surface area (Å²) in [6.45, 7) is 0.241. The molecule has 0 spiro atoms. The van der Waals surface area contributed by atoms with Crippen molar-refractivity contribution >= 4 is 11.6 Å². The maximum atomic E-state index is 13.2. The Morgan fingerprint density at radius 3 is 2.95 bits per heavy atom. The van der Waals surface area contributed by atoms with E-state index >= 15 is 0 Å². The first-order valence-electron chi connectivity index (χ1n) is 7.08. The summed E-state index contributed by atoms with van der Waals surface area (Å²) in [5, 5.41) is 0.506. The number of hydrogen-bond acceptors (Lipinski definition) is 2. The average molecular weight is 306 g/mol. The lowest BCUT2D eigenvalue weighted by atomic mass is 9.88. The molecule has 21 heavy (non-hydrogen) atoms. The predicted molar refractivity (Wildman–Crippen MR) is 82.1 cm³/mol. The van der Waals surface area contributed by atoms with Gasteiger partial charge < -0.3 is 10.5 Å². The molecule has 4 heteroatoms. The number of benzene rings is 2.